The highest BCUT2D eigenvalue weighted by Crippen LogP contribution is 2.32. The van der Waals surface area contributed by atoms with Gasteiger partial charge < -0.3 is 10.4 Å². The minimum Gasteiger partial charge on any atom is -0.481 e. The van der Waals surface area contributed by atoms with Crippen molar-refractivity contribution >= 4 is 52.5 Å². The van der Waals surface area contributed by atoms with Gasteiger partial charge in [-0.3, -0.25) is 9.59 Å². The second-order valence-electron chi connectivity index (χ2n) is 9.80. The molecule has 1 aromatic heterocycles. The number of carboxylic acids is 1. The molecule has 4 aromatic rings. The molecule has 0 radical (unpaired) electrons. The predicted octanol–water partition coefficient (Wildman–Crippen LogP) is 7.50. The van der Waals surface area contributed by atoms with E-state index in [1.807, 2.05) is 42.5 Å². The van der Waals surface area contributed by atoms with Crippen molar-refractivity contribution < 1.29 is 14.7 Å². The quantitative estimate of drug-likeness (QED) is 0.215. The Kier molecular flexibility index (Phi) is 8.51. The Hall–Kier alpha value is -3.26. The second kappa shape index (κ2) is 11.6. The van der Waals surface area contributed by atoms with Gasteiger partial charge >= 0.3 is 5.97 Å². The molecule has 9 heteroatoms. The Bertz CT molecular complexity index is 1480. The van der Waals surface area contributed by atoms with Crippen LogP contribution in [0.4, 0.5) is 5.69 Å². The molecule has 0 atom stereocenters. The molecule has 6 nitrogen and oxygen atoms in total. The monoisotopic (exact) mass is 567 g/mol. The highest BCUT2D eigenvalue weighted by Gasteiger charge is 2.17. The minimum absolute atomic E-state index is 0.0198. The van der Waals surface area contributed by atoms with Gasteiger partial charge in [-0.15, -0.1) is 0 Å². The number of rotatable bonds is 8. The lowest BCUT2D eigenvalue weighted by atomic mass is 9.87. The number of halogens is 2. The molecule has 2 N–H and O–H groups in total. The number of benzene rings is 3. The summed E-state index contributed by atoms with van der Waals surface area (Å²) in [7, 11) is 0. The summed E-state index contributed by atoms with van der Waals surface area (Å²) >= 11 is 14.4. The van der Waals surface area contributed by atoms with Gasteiger partial charge in [-0.1, -0.05) is 92.1 Å². The number of nitrogens with one attached hydrogen (secondary N) is 1. The summed E-state index contributed by atoms with van der Waals surface area (Å²) in [6, 6.07) is 20.4. The van der Waals surface area contributed by atoms with Crippen LogP contribution < -0.4 is 5.32 Å². The van der Waals surface area contributed by atoms with Gasteiger partial charge in [-0.05, 0) is 58.0 Å². The zero-order valence-corrected chi connectivity index (χ0v) is 23.5. The highest BCUT2D eigenvalue weighted by molar-refractivity contribution is 7.99. The van der Waals surface area contributed by atoms with Gasteiger partial charge in [0.15, 0.2) is 0 Å². The number of hydrogen-bond acceptors (Lipinski definition) is 4. The van der Waals surface area contributed by atoms with E-state index in [2.05, 4.69) is 31.2 Å². The van der Waals surface area contributed by atoms with E-state index in [0.717, 1.165) is 33.0 Å². The zero-order valence-electron chi connectivity index (χ0n) is 21.2. The lowest BCUT2D eigenvalue weighted by Gasteiger charge is -2.20. The van der Waals surface area contributed by atoms with Crippen LogP contribution in [-0.2, 0) is 21.4 Å². The minimum atomic E-state index is -0.873. The van der Waals surface area contributed by atoms with E-state index in [1.165, 1.54) is 11.8 Å². The van der Waals surface area contributed by atoms with Gasteiger partial charge in [0, 0.05) is 0 Å². The number of carbonyl (C=O) groups is 2. The van der Waals surface area contributed by atoms with Crippen molar-refractivity contribution in [1.29, 1.82) is 0 Å². The van der Waals surface area contributed by atoms with Crippen molar-refractivity contribution in [2.45, 2.75) is 37.6 Å². The molecule has 38 heavy (non-hydrogen) atoms. The summed E-state index contributed by atoms with van der Waals surface area (Å²) in [5.41, 5.74) is 4.86. The molecule has 0 saturated heterocycles. The van der Waals surface area contributed by atoms with Gasteiger partial charge in [-0.25, -0.2) is 4.68 Å². The molecule has 196 valence electrons. The summed E-state index contributed by atoms with van der Waals surface area (Å²) in [6.45, 7) is 6.40. The normalized spacial score (nSPS) is 11.4. The van der Waals surface area contributed by atoms with Crippen molar-refractivity contribution in [3.8, 4) is 16.8 Å². The summed E-state index contributed by atoms with van der Waals surface area (Å²) in [5, 5.41) is 18.0. The van der Waals surface area contributed by atoms with E-state index >= 15 is 0 Å². The lowest BCUT2D eigenvalue weighted by Crippen LogP contribution is -2.15. The maximum absolute atomic E-state index is 12.7. The Balaban J connectivity index is 1.40. The van der Waals surface area contributed by atoms with E-state index in [0.29, 0.717) is 15.7 Å². The third-order valence-corrected chi connectivity index (χ3v) is 7.51. The molecule has 0 saturated carbocycles. The maximum atomic E-state index is 12.7. The Morgan fingerprint density at radius 2 is 1.66 bits per heavy atom. The molecule has 0 spiro atoms. The fraction of sp³-hybridized carbons (Fsp3) is 0.207. The molecule has 0 aliphatic rings. The maximum Gasteiger partial charge on any atom is 0.307 e. The molecule has 3 aromatic carbocycles. The Labute approximate surface area is 236 Å². The number of carbonyl (C=O) groups excluding carboxylic acids is 1. The van der Waals surface area contributed by atoms with Crippen molar-refractivity contribution in [3.05, 3.63) is 94.1 Å². The standard InChI is InChI=1S/C29H27Cl2N3O3S/c1-29(2,3)21-9-11-25(23(31)16-21)34-27(12-13-32-34)38-17-26(35)33-24-10-8-20(15-22(24)30)19-6-4-18(5-7-19)14-28(36)37/h4-13,15-16H,14,17H2,1-3H3,(H,33,35)(H,36,37). The van der Waals surface area contributed by atoms with Crippen molar-refractivity contribution in [1.82, 2.24) is 9.78 Å². The van der Waals surface area contributed by atoms with Gasteiger partial charge in [0.1, 0.15) is 5.03 Å². The van der Waals surface area contributed by atoms with Gasteiger partial charge in [0.05, 0.1) is 39.8 Å². The van der Waals surface area contributed by atoms with Crippen LogP contribution in [0.5, 0.6) is 0 Å². The van der Waals surface area contributed by atoms with E-state index in [-0.39, 0.29) is 23.5 Å². The van der Waals surface area contributed by atoms with Crippen LogP contribution in [0.1, 0.15) is 31.9 Å². The second-order valence-corrected chi connectivity index (χ2v) is 11.6. The fourth-order valence-electron chi connectivity index (χ4n) is 3.84. The van der Waals surface area contributed by atoms with Crippen LogP contribution in [0.3, 0.4) is 0 Å². The first kappa shape index (κ1) is 27.8. The third kappa shape index (κ3) is 6.78. The molecule has 0 aliphatic carbocycles. The van der Waals surface area contributed by atoms with Crippen molar-refractivity contribution in [3.63, 3.8) is 0 Å². The first-order valence-electron chi connectivity index (χ1n) is 11.9. The average molecular weight is 569 g/mol. The Morgan fingerprint density at radius 3 is 2.29 bits per heavy atom. The number of anilines is 1. The van der Waals surface area contributed by atoms with Crippen LogP contribution in [0.25, 0.3) is 16.8 Å². The number of aromatic nitrogens is 2. The molecular formula is C29H27Cl2N3O3S. The molecular weight excluding hydrogens is 541 g/mol. The molecule has 4 rings (SSSR count). The van der Waals surface area contributed by atoms with E-state index in [1.54, 1.807) is 35.1 Å². The largest absolute Gasteiger partial charge is 0.481 e. The molecule has 0 unspecified atom stereocenters. The van der Waals surface area contributed by atoms with Crippen LogP contribution >= 0.6 is 35.0 Å². The molecule has 0 fully saturated rings. The van der Waals surface area contributed by atoms with Crippen LogP contribution in [-0.4, -0.2) is 32.5 Å². The smallest absolute Gasteiger partial charge is 0.307 e. The summed E-state index contributed by atoms with van der Waals surface area (Å²) in [4.78, 5) is 23.6. The SMILES string of the molecule is CC(C)(C)c1ccc(-n2nccc2SCC(=O)Nc2ccc(-c3ccc(CC(=O)O)cc3)cc2Cl)c(Cl)c1. The fourth-order valence-corrected chi connectivity index (χ4v) is 5.10. The number of aliphatic carboxylic acids is 1. The molecule has 0 aliphatic heterocycles. The van der Waals surface area contributed by atoms with E-state index < -0.39 is 5.97 Å². The number of carboxylic acid groups (broad SMARTS) is 1. The van der Waals surface area contributed by atoms with Crippen LogP contribution in [0.15, 0.2) is 78.0 Å². The zero-order chi connectivity index (χ0) is 27.4. The van der Waals surface area contributed by atoms with Gasteiger partial charge in [0.2, 0.25) is 5.91 Å². The summed E-state index contributed by atoms with van der Waals surface area (Å²) < 4.78 is 1.73. The predicted molar refractivity (Wildman–Crippen MR) is 155 cm³/mol. The van der Waals surface area contributed by atoms with Crippen LogP contribution in [0.2, 0.25) is 10.0 Å². The van der Waals surface area contributed by atoms with Gasteiger partial charge in [-0.2, -0.15) is 5.10 Å². The van der Waals surface area contributed by atoms with Gasteiger partial charge in [0.25, 0.3) is 0 Å². The first-order chi connectivity index (χ1) is 18.0. The average Bonchev–Trinajstić information content (AvgIpc) is 3.32. The topological polar surface area (TPSA) is 84.2 Å². The van der Waals surface area contributed by atoms with Crippen molar-refractivity contribution in [2.24, 2.45) is 0 Å². The highest BCUT2D eigenvalue weighted by atomic mass is 35.5. The molecule has 1 heterocycles. The summed E-state index contributed by atoms with van der Waals surface area (Å²) in [6.07, 6.45) is 1.65. The lowest BCUT2D eigenvalue weighted by molar-refractivity contribution is -0.136. The number of thioether (sulfide) groups is 1. The Morgan fingerprint density at radius 1 is 0.947 bits per heavy atom. The number of amides is 1. The third-order valence-electron chi connectivity index (χ3n) is 5.89. The number of nitrogens with zero attached hydrogens (tertiary/aromatic N) is 2. The molecule has 0 bridgehead atoms. The van der Waals surface area contributed by atoms with E-state index in [9.17, 15) is 9.59 Å². The van der Waals surface area contributed by atoms with Crippen LogP contribution in [0, 0.1) is 0 Å². The van der Waals surface area contributed by atoms with Crippen molar-refractivity contribution in [2.75, 3.05) is 11.1 Å². The summed E-state index contributed by atoms with van der Waals surface area (Å²) in [5.74, 6) is -0.918. The van der Waals surface area contributed by atoms with E-state index in [4.69, 9.17) is 28.3 Å². The number of hydrogen-bond donors (Lipinski definition) is 2. The molecule has 1 amide bonds. The first-order valence-corrected chi connectivity index (χ1v) is 13.6.